The van der Waals surface area contributed by atoms with Crippen LogP contribution in [0.4, 0.5) is 0 Å². The molecule has 2 aromatic heterocycles. The topological polar surface area (TPSA) is 42.7 Å². The van der Waals surface area contributed by atoms with E-state index in [0.29, 0.717) is 6.04 Å². The van der Waals surface area contributed by atoms with Crippen LogP contribution >= 0.6 is 27.3 Å². The van der Waals surface area contributed by atoms with Crippen LogP contribution in [0.3, 0.4) is 0 Å². The minimum Gasteiger partial charge on any atom is -0.319 e. The molecule has 0 saturated heterocycles. The molecular formula is C11H15BrN4S. The summed E-state index contributed by atoms with van der Waals surface area (Å²) in [6, 6.07) is 4.69. The van der Waals surface area contributed by atoms with E-state index in [1.807, 2.05) is 11.6 Å². The standard InChI is InChI=1S/C11H15BrN4S/c1-7(9-4-5-10(12)17-9)14-8(2)11-15-13-6-16(11)3/h4-8,14H,1-3H3. The molecule has 0 radical (unpaired) electrons. The molecular weight excluding hydrogens is 300 g/mol. The second-order valence-corrected chi connectivity index (χ2v) is 6.55. The van der Waals surface area contributed by atoms with Gasteiger partial charge >= 0.3 is 0 Å². The molecule has 2 unspecified atom stereocenters. The maximum Gasteiger partial charge on any atom is 0.149 e. The number of hydrogen-bond donors (Lipinski definition) is 1. The van der Waals surface area contributed by atoms with Crippen molar-refractivity contribution < 1.29 is 0 Å². The van der Waals surface area contributed by atoms with E-state index in [4.69, 9.17) is 0 Å². The molecule has 92 valence electrons. The molecule has 2 heterocycles. The van der Waals surface area contributed by atoms with Crippen molar-refractivity contribution in [2.24, 2.45) is 7.05 Å². The number of rotatable bonds is 4. The molecule has 0 spiro atoms. The Bertz CT molecular complexity index is 493. The fraction of sp³-hybridized carbons (Fsp3) is 0.455. The quantitative estimate of drug-likeness (QED) is 0.943. The highest BCUT2D eigenvalue weighted by molar-refractivity contribution is 9.11. The minimum atomic E-state index is 0.179. The van der Waals surface area contributed by atoms with Gasteiger partial charge in [-0.05, 0) is 41.9 Å². The zero-order valence-corrected chi connectivity index (χ0v) is 12.4. The van der Waals surface area contributed by atoms with Gasteiger partial charge in [-0.15, -0.1) is 21.5 Å². The maximum atomic E-state index is 4.11. The molecule has 0 fully saturated rings. The highest BCUT2D eigenvalue weighted by Gasteiger charge is 2.15. The first-order valence-corrected chi connectivity index (χ1v) is 7.04. The van der Waals surface area contributed by atoms with Gasteiger partial charge < -0.3 is 9.88 Å². The number of nitrogens with one attached hydrogen (secondary N) is 1. The predicted octanol–water partition coefficient (Wildman–Crippen LogP) is 3.05. The van der Waals surface area contributed by atoms with E-state index >= 15 is 0 Å². The first-order chi connectivity index (χ1) is 8.08. The average Bonchev–Trinajstić information content (AvgIpc) is 2.86. The maximum absolute atomic E-state index is 4.11. The van der Waals surface area contributed by atoms with Crippen LogP contribution in [-0.4, -0.2) is 14.8 Å². The van der Waals surface area contributed by atoms with E-state index < -0.39 is 0 Å². The van der Waals surface area contributed by atoms with E-state index in [2.05, 4.69) is 57.4 Å². The lowest BCUT2D eigenvalue weighted by Gasteiger charge is -2.18. The number of thiophene rings is 1. The first kappa shape index (κ1) is 12.7. The molecule has 0 aliphatic heterocycles. The van der Waals surface area contributed by atoms with E-state index in [9.17, 15) is 0 Å². The molecule has 17 heavy (non-hydrogen) atoms. The van der Waals surface area contributed by atoms with Gasteiger partial charge in [0.2, 0.25) is 0 Å². The Labute approximate surface area is 113 Å². The van der Waals surface area contributed by atoms with Gasteiger partial charge in [-0.1, -0.05) is 0 Å². The van der Waals surface area contributed by atoms with Crippen LogP contribution in [0.2, 0.25) is 0 Å². The van der Waals surface area contributed by atoms with Crippen LogP contribution < -0.4 is 5.32 Å². The summed E-state index contributed by atoms with van der Waals surface area (Å²) in [4.78, 5) is 1.31. The van der Waals surface area contributed by atoms with E-state index in [0.717, 1.165) is 9.61 Å². The van der Waals surface area contributed by atoms with Crippen LogP contribution in [-0.2, 0) is 7.05 Å². The lowest BCUT2D eigenvalue weighted by atomic mass is 10.2. The van der Waals surface area contributed by atoms with Gasteiger partial charge in [0.15, 0.2) is 0 Å². The normalized spacial score (nSPS) is 14.8. The Kier molecular flexibility index (Phi) is 3.96. The van der Waals surface area contributed by atoms with Crippen molar-refractivity contribution in [3.63, 3.8) is 0 Å². The van der Waals surface area contributed by atoms with Crippen LogP contribution in [0.25, 0.3) is 0 Å². The molecule has 0 bridgehead atoms. The van der Waals surface area contributed by atoms with Crippen molar-refractivity contribution in [2.75, 3.05) is 0 Å². The number of hydrogen-bond acceptors (Lipinski definition) is 4. The summed E-state index contributed by atoms with van der Waals surface area (Å²) >= 11 is 5.23. The monoisotopic (exact) mass is 314 g/mol. The number of aromatic nitrogens is 3. The van der Waals surface area contributed by atoms with Crippen molar-refractivity contribution in [2.45, 2.75) is 25.9 Å². The largest absolute Gasteiger partial charge is 0.319 e. The Morgan fingerprint density at radius 2 is 2.12 bits per heavy atom. The third kappa shape index (κ3) is 2.94. The predicted molar refractivity (Wildman–Crippen MR) is 73.0 cm³/mol. The molecule has 1 N–H and O–H groups in total. The summed E-state index contributed by atoms with van der Waals surface area (Å²) in [5.74, 6) is 0.951. The first-order valence-electron chi connectivity index (χ1n) is 5.43. The fourth-order valence-electron chi connectivity index (χ4n) is 1.78. The molecule has 4 nitrogen and oxygen atoms in total. The van der Waals surface area contributed by atoms with E-state index in [1.54, 1.807) is 17.7 Å². The van der Waals surface area contributed by atoms with Gasteiger partial charge in [-0.2, -0.15) is 0 Å². The second kappa shape index (κ2) is 5.29. The number of nitrogens with zero attached hydrogens (tertiary/aromatic N) is 3. The van der Waals surface area contributed by atoms with Crippen molar-refractivity contribution >= 4 is 27.3 Å². The third-order valence-electron chi connectivity index (χ3n) is 2.65. The van der Waals surface area contributed by atoms with Crippen molar-refractivity contribution in [3.05, 3.63) is 32.9 Å². The molecule has 0 aliphatic rings. The zero-order valence-electron chi connectivity index (χ0n) is 10.0. The lowest BCUT2D eigenvalue weighted by molar-refractivity contribution is 0.470. The SMILES string of the molecule is CC(NC(C)c1nncn1C)c1ccc(Br)s1. The van der Waals surface area contributed by atoms with E-state index in [-0.39, 0.29) is 6.04 Å². The van der Waals surface area contributed by atoms with Crippen LogP contribution in [0.1, 0.15) is 36.6 Å². The third-order valence-corrected chi connectivity index (χ3v) is 4.46. The minimum absolute atomic E-state index is 0.179. The molecule has 0 aliphatic carbocycles. The average molecular weight is 315 g/mol. The van der Waals surface area contributed by atoms with Crippen molar-refractivity contribution in [3.8, 4) is 0 Å². The van der Waals surface area contributed by atoms with Crippen molar-refractivity contribution in [1.82, 2.24) is 20.1 Å². The van der Waals surface area contributed by atoms with Gasteiger partial charge in [0.25, 0.3) is 0 Å². The zero-order chi connectivity index (χ0) is 12.4. The molecule has 2 atom stereocenters. The van der Waals surface area contributed by atoms with Gasteiger partial charge in [-0.3, -0.25) is 0 Å². The van der Waals surface area contributed by atoms with Crippen LogP contribution in [0, 0.1) is 0 Å². The molecule has 2 rings (SSSR count). The molecule has 0 aromatic carbocycles. The van der Waals surface area contributed by atoms with Gasteiger partial charge in [-0.25, -0.2) is 0 Å². The highest BCUT2D eigenvalue weighted by Crippen LogP contribution is 2.28. The Morgan fingerprint density at radius 1 is 1.35 bits per heavy atom. The summed E-state index contributed by atoms with van der Waals surface area (Å²) in [5, 5.41) is 11.5. The van der Waals surface area contributed by atoms with Crippen LogP contribution in [0.5, 0.6) is 0 Å². The summed E-state index contributed by atoms with van der Waals surface area (Å²) in [7, 11) is 1.96. The highest BCUT2D eigenvalue weighted by atomic mass is 79.9. The molecule has 2 aromatic rings. The second-order valence-electron chi connectivity index (χ2n) is 4.05. The summed E-state index contributed by atoms with van der Waals surface area (Å²) < 4.78 is 3.10. The molecule has 0 saturated carbocycles. The van der Waals surface area contributed by atoms with E-state index in [1.165, 1.54) is 4.88 Å². The molecule has 6 heteroatoms. The smallest absolute Gasteiger partial charge is 0.149 e. The Morgan fingerprint density at radius 3 is 2.65 bits per heavy atom. The lowest BCUT2D eigenvalue weighted by Crippen LogP contribution is -2.24. The van der Waals surface area contributed by atoms with Gasteiger partial charge in [0, 0.05) is 18.0 Å². The summed E-state index contributed by atoms with van der Waals surface area (Å²) in [6.45, 7) is 4.26. The molecule has 0 amide bonds. The fourth-order valence-corrected chi connectivity index (χ4v) is 3.21. The van der Waals surface area contributed by atoms with Gasteiger partial charge in [0.1, 0.15) is 12.2 Å². The van der Waals surface area contributed by atoms with Gasteiger partial charge in [0.05, 0.1) is 9.83 Å². The van der Waals surface area contributed by atoms with Crippen LogP contribution in [0.15, 0.2) is 22.2 Å². The number of halogens is 1. The van der Waals surface area contributed by atoms with Crippen molar-refractivity contribution in [1.29, 1.82) is 0 Å². The summed E-state index contributed by atoms with van der Waals surface area (Å²) in [5.41, 5.74) is 0. The summed E-state index contributed by atoms with van der Waals surface area (Å²) in [6.07, 6.45) is 1.72. The Hall–Kier alpha value is -0.720. The number of aryl methyl sites for hydroxylation is 1. The Balaban J connectivity index is 2.04.